The number of sulfonamides is 1. The predicted octanol–water partition coefficient (Wildman–Crippen LogP) is 3.02. The third kappa shape index (κ3) is 2.28. The Labute approximate surface area is 164 Å². The minimum Gasteiger partial charge on any atom is -0.272 e. The number of fused-ring (bicyclic) bond motifs is 5. The third-order valence-electron chi connectivity index (χ3n) is 6.13. The predicted molar refractivity (Wildman–Crippen MR) is 106 cm³/mol. The summed E-state index contributed by atoms with van der Waals surface area (Å²) in [4.78, 5) is 16.2. The number of carbonyl (C=O) groups excluding carboxylic acids is 1. The molecule has 0 radical (unpaired) electrons. The van der Waals surface area contributed by atoms with E-state index in [9.17, 15) is 13.2 Å². The molecule has 1 spiro atoms. The lowest BCUT2D eigenvalue weighted by Crippen LogP contribution is -2.43. The van der Waals surface area contributed by atoms with Gasteiger partial charge in [0.25, 0.3) is 10.0 Å². The van der Waals surface area contributed by atoms with E-state index in [0.29, 0.717) is 5.70 Å². The van der Waals surface area contributed by atoms with Crippen LogP contribution in [0.3, 0.4) is 0 Å². The van der Waals surface area contributed by atoms with E-state index in [1.807, 2.05) is 49.5 Å². The van der Waals surface area contributed by atoms with Crippen LogP contribution < -0.4 is 4.83 Å². The SMILES string of the molecule is Cc1ccc(S(=O)(=O)NN2C(=O)C3(C4C=CC=CC=C42)C2C=CC=CC23)cc1. The molecule has 3 atom stereocenters. The Bertz CT molecular complexity index is 1090. The molecule has 1 N–H and O–H groups in total. The molecule has 1 amide bonds. The third-order valence-corrected chi connectivity index (χ3v) is 7.45. The number of hydrazine groups is 1. The Balaban J connectivity index is 1.55. The molecule has 1 heterocycles. The van der Waals surface area contributed by atoms with Gasteiger partial charge in [-0.1, -0.05) is 66.3 Å². The Morgan fingerprint density at radius 2 is 1.57 bits per heavy atom. The molecule has 1 saturated heterocycles. The van der Waals surface area contributed by atoms with Gasteiger partial charge in [-0.05, 0) is 25.1 Å². The highest BCUT2D eigenvalue weighted by Gasteiger charge is 2.76. The Morgan fingerprint density at radius 3 is 2.25 bits per heavy atom. The summed E-state index contributed by atoms with van der Waals surface area (Å²) < 4.78 is 25.9. The molecular formula is C22H20N2O3S. The molecule has 0 aromatic heterocycles. The Kier molecular flexibility index (Phi) is 3.66. The maximum Gasteiger partial charge on any atom is 0.257 e. The molecule has 5 rings (SSSR count). The van der Waals surface area contributed by atoms with Crippen molar-refractivity contribution in [2.75, 3.05) is 0 Å². The van der Waals surface area contributed by atoms with Gasteiger partial charge < -0.3 is 0 Å². The van der Waals surface area contributed by atoms with Crippen LogP contribution in [0, 0.1) is 30.1 Å². The lowest BCUT2D eigenvalue weighted by atomic mass is 9.86. The van der Waals surface area contributed by atoms with Crippen molar-refractivity contribution in [1.29, 1.82) is 0 Å². The van der Waals surface area contributed by atoms with Gasteiger partial charge in [0.15, 0.2) is 0 Å². The smallest absolute Gasteiger partial charge is 0.257 e. The van der Waals surface area contributed by atoms with Gasteiger partial charge in [0.2, 0.25) is 5.91 Å². The van der Waals surface area contributed by atoms with Crippen LogP contribution in [0.4, 0.5) is 0 Å². The highest BCUT2D eigenvalue weighted by atomic mass is 32.2. The summed E-state index contributed by atoms with van der Waals surface area (Å²) in [6.07, 6.45) is 17.5. The summed E-state index contributed by atoms with van der Waals surface area (Å²) in [7, 11) is -3.88. The van der Waals surface area contributed by atoms with E-state index in [2.05, 4.69) is 17.0 Å². The molecule has 3 aliphatic carbocycles. The first-order valence-corrected chi connectivity index (χ1v) is 10.8. The van der Waals surface area contributed by atoms with E-state index in [1.165, 1.54) is 5.01 Å². The number of hydrogen-bond donors (Lipinski definition) is 1. The fourth-order valence-electron chi connectivity index (χ4n) is 4.73. The van der Waals surface area contributed by atoms with Crippen molar-refractivity contribution in [3.8, 4) is 0 Å². The summed E-state index contributed by atoms with van der Waals surface area (Å²) in [5.41, 5.74) is 0.993. The Hall–Kier alpha value is -2.70. The van der Waals surface area contributed by atoms with E-state index in [0.717, 1.165) is 5.56 Å². The van der Waals surface area contributed by atoms with Crippen molar-refractivity contribution in [2.24, 2.45) is 23.2 Å². The lowest BCUT2D eigenvalue weighted by molar-refractivity contribution is -0.133. The molecule has 1 aromatic carbocycles. The van der Waals surface area contributed by atoms with Crippen LogP contribution in [0.2, 0.25) is 0 Å². The van der Waals surface area contributed by atoms with Gasteiger partial charge >= 0.3 is 0 Å². The van der Waals surface area contributed by atoms with E-state index >= 15 is 0 Å². The summed E-state index contributed by atoms with van der Waals surface area (Å²) in [6, 6.07) is 6.59. The summed E-state index contributed by atoms with van der Waals surface area (Å²) in [6.45, 7) is 1.90. The van der Waals surface area contributed by atoms with Crippen LogP contribution in [0.15, 0.2) is 89.5 Å². The van der Waals surface area contributed by atoms with Gasteiger partial charge in [0.05, 0.1) is 10.3 Å². The van der Waals surface area contributed by atoms with Crippen LogP contribution in [0.5, 0.6) is 0 Å². The van der Waals surface area contributed by atoms with Gasteiger partial charge in [0.1, 0.15) is 0 Å². The molecule has 142 valence electrons. The van der Waals surface area contributed by atoms with Crippen molar-refractivity contribution in [1.82, 2.24) is 9.84 Å². The fraction of sp³-hybridized carbons (Fsp3) is 0.227. The van der Waals surface area contributed by atoms with Crippen molar-refractivity contribution >= 4 is 15.9 Å². The fourth-order valence-corrected chi connectivity index (χ4v) is 5.76. The first kappa shape index (κ1) is 17.4. The number of benzene rings is 1. The number of nitrogens with one attached hydrogen (secondary N) is 1. The van der Waals surface area contributed by atoms with Crippen molar-refractivity contribution < 1.29 is 13.2 Å². The zero-order valence-corrected chi connectivity index (χ0v) is 16.1. The second-order valence-electron chi connectivity index (χ2n) is 7.64. The van der Waals surface area contributed by atoms with E-state index in [1.54, 1.807) is 24.3 Å². The minimum absolute atomic E-state index is 0.0926. The first-order chi connectivity index (χ1) is 13.5. The van der Waals surface area contributed by atoms with E-state index < -0.39 is 15.4 Å². The first-order valence-electron chi connectivity index (χ1n) is 9.30. The summed E-state index contributed by atoms with van der Waals surface area (Å²) in [5.74, 6) is -0.172. The second-order valence-corrected chi connectivity index (χ2v) is 9.30. The lowest BCUT2D eigenvalue weighted by Gasteiger charge is -2.20. The Morgan fingerprint density at radius 1 is 0.929 bits per heavy atom. The average molecular weight is 392 g/mol. The number of aryl methyl sites for hydroxylation is 1. The van der Waals surface area contributed by atoms with E-state index in [4.69, 9.17) is 0 Å². The van der Waals surface area contributed by atoms with Crippen LogP contribution in [0.1, 0.15) is 5.56 Å². The molecule has 0 bridgehead atoms. The highest BCUT2D eigenvalue weighted by molar-refractivity contribution is 7.89. The molecule has 5 nitrogen and oxygen atoms in total. The summed E-state index contributed by atoms with van der Waals surface area (Å²) >= 11 is 0. The zero-order valence-electron chi connectivity index (χ0n) is 15.3. The number of rotatable bonds is 3. The minimum atomic E-state index is -3.88. The largest absolute Gasteiger partial charge is 0.272 e. The average Bonchev–Trinajstić information content (AvgIpc) is 3.36. The van der Waals surface area contributed by atoms with Crippen LogP contribution in [-0.2, 0) is 14.8 Å². The maximum absolute atomic E-state index is 13.5. The van der Waals surface area contributed by atoms with Gasteiger partial charge in [0, 0.05) is 23.5 Å². The molecule has 1 aliphatic heterocycles. The zero-order chi connectivity index (χ0) is 19.5. The number of nitrogens with zero attached hydrogens (tertiary/aromatic N) is 1. The molecule has 28 heavy (non-hydrogen) atoms. The van der Waals surface area contributed by atoms with Crippen molar-refractivity contribution in [3.63, 3.8) is 0 Å². The van der Waals surface area contributed by atoms with Crippen LogP contribution in [0.25, 0.3) is 0 Å². The normalized spacial score (nSPS) is 32.3. The quantitative estimate of drug-likeness (QED) is 0.860. The molecule has 4 aliphatic rings. The number of hydrogen-bond acceptors (Lipinski definition) is 3. The van der Waals surface area contributed by atoms with E-state index in [-0.39, 0.29) is 28.6 Å². The highest BCUT2D eigenvalue weighted by Crippen LogP contribution is 2.71. The molecule has 2 fully saturated rings. The molecule has 1 saturated carbocycles. The topological polar surface area (TPSA) is 66.5 Å². The molecular weight excluding hydrogens is 372 g/mol. The van der Waals surface area contributed by atoms with Gasteiger partial charge in [-0.25, -0.2) is 13.4 Å². The number of amides is 1. The number of allylic oxidation sites excluding steroid dienone is 9. The van der Waals surface area contributed by atoms with Gasteiger partial charge in [-0.15, -0.1) is 4.83 Å². The van der Waals surface area contributed by atoms with Crippen LogP contribution in [-0.4, -0.2) is 19.3 Å². The number of carbonyl (C=O) groups is 1. The second kappa shape index (κ2) is 5.90. The maximum atomic E-state index is 13.5. The van der Waals surface area contributed by atoms with Crippen LogP contribution >= 0.6 is 0 Å². The molecule has 1 aromatic rings. The molecule has 3 unspecified atom stereocenters. The van der Waals surface area contributed by atoms with Gasteiger partial charge in [-0.2, -0.15) is 0 Å². The van der Waals surface area contributed by atoms with Crippen molar-refractivity contribution in [3.05, 3.63) is 90.2 Å². The summed E-state index contributed by atoms with van der Waals surface area (Å²) in [5, 5.41) is 1.25. The van der Waals surface area contributed by atoms with Crippen molar-refractivity contribution in [2.45, 2.75) is 11.8 Å². The molecule has 6 heteroatoms. The standard InChI is InChI=1S/C22H20N2O3S/c1-15-11-13-16(14-12-15)28(26,27)23-24-20-10-4-2-3-9-19(20)22(21(24)25)17-7-5-6-8-18(17)22/h2-14,17-19,23H,1H3. The van der Waals surface area contributed by atoms with Gasteiger partial charge in [-0.3, -0.25) is 4.79 Å². The monoisotopic (exact) mass is 392 g/mol.